The number of hydrogen-bond acceptors (Lipinski definition) is 3. The topological polar surface area (TPSA) is 35.2 Å². The molecule has 0 amide bonds. The molecule has 0 spiro atoms. The van der Waals surface area contributed by atoms with Crippen molar-refractivity contribution in [1.82, 2.24) is 0 Å². The first-order chi connectivity index (χ1) is 8.95. The minimum Gasteiger partial charge on any atom is -0.493 e. The molecule has 0 aliphatic rings. The minimum absolute atomic E-state index is 0.0425. The third-order valence-electron chi connectivity index (χ3n) is 2.45. The Labute approximate surface area is 112 Å². The number of rotatable bonds is 4. The number of nitrogens with two attached hydrogens (primary N) is 1. The summed E-state index contributed by atoms with van der Waals surface area (Å²) in [6, 6.07) is 7.12. The zero-order valence-electron chi connectivity index (χ0n) is 9.91. The maximum Gasteiger partial charge on any atom is 0.416 e. The molecule has 1 heterocycles. The molecule has 102 valence electrons. The van der Waals surface area contributed by atoms with Gasteiger partial charge in [-0.25, -0.2) is 0 Å². The smallest absolute Gasteiger partial charge is 0.416 e. The molecule has 0 unspecified atom stereocenters. The van der Waals surface area contributed by atoms with Gasteiger partial charge in [-0.2, -0.15) is 13.2 Å². The van der Waals surface area contributed by atoms with Gasteiger partial charge in [0.2, 0.25) is 0 Å². The predicted molar refractivity (Wildman–Crippen MR) is 69.4 cm³/mol. The molecule has 1 aromatic heterocycles. The summed E-state index contributed by atoms with van der Waals surface area (Å²) in [5.74, 6) is 0.142. The molecule has 0 saturated carbocycles. The van der Waals surface area contributed by atoms with Crippen molar-refractivity contribution in [3.8, 4) is 5.75 Å². The molecule has 2 N–H and O–H groups in total. The molecule has 2 nitrogen and oxygen atoms in total. The van der Waals surface area contributed by atoms with Gasteiger partial charge in [0.15, 0.2) is 0 Å². The number of hydrogen-bond donors (Lipinski definition) is 1. The number of thiophene rings is 1. The highest BCUT2D eigenvalue weighted by molar-refractivity contribution is 7.09. The first-order valence-corrected chi connectivity index (χ1v) is 6.46. The molecule has 0 saturated heterocycles. The fraction of sp³-hybridized carbons (Fsp3) is 0.231. The van der Waals surface area contributed by atoms with Gasteiger partial charge in [-0.05, 0) is 23.6 Å². The Bertz CT molecular complexity index is 537. The van der Waals surface area contributed by atoms with Crippen molar-refractivity contribution in [2.45, 2.75) is 12.6 Å². The molecule has 0 fully saturated rings. The van der Waals surface area contributed by atoms with Crippen LogP contribution in [-0.2, 0) is 12.6 Å². The van der Waals surface area contributed by atoms with E-state index in [9.17, 15) is 13.2 Å². The van der Waals surface area contributed by atoms with Gasteiger partial charge in [0.05, 0.1) is 12.2 Å². The summed E-state index contributed by atoms with van der Waals surface area (Å²) in [6.45, 7) is 0.321. The average Bonchev–Trinajstić information content (AvgIpc) is 2.80. The minimum atomic E-state index is -4.42. The van der Waals surface area contributed by atoms with E-state index in [1.807, 2.05) is 17.5 Å². The van der Waals surface area contributed by atoms with Gasteiger partial charge in [-0.3, -0.25) is 0 Å². The van der Waals surface area contributed by atoms with E-state index in [0.717, 1.165) is 17.0 Å². The Hall–Kier alpha value is -1.69. The van der Waals surface area contributed by atoms with Gasteiger partial charge in [0, 0.05) is 23.1 Å². The van der Waals surface area contributed by atoms with Gasteiger partial charge < -0.3 is 10.5 Å². The first-order valence-electron chi connectivity index (χ1n) is 5.58. The second kappa shape index (κ2) is 5.52. The molecule has 19 heavy (non-hydrogen) atoms. The van der Waals surface area contributed by atoms with Crippen molar-refractivity contribution >= 4 is 17.0 Å². The van der Waals surface area contributed by atoms with Crippen LogP contribution in [0.4, 0.5) is 18.9 Å². The van der Waals surface area contributed by atoms with Crippen LogP contribution in [-0.4, -0.2) is 6.61 Å². The molecule has 1 aromatic carbocycles. The average molecular weight is 287 g/mol. The van der Waals surface area contributed by atoms with Crippen LogP contribution in [0.3, 0.4) is 0 Å². The van der Waals surface area contributed by atoms with Gasteiger partial charge in [0.25, 0.3) is 0 Å². The van der Waals surface area contributed by atoms with E-state index < -0.39 is 11.7 Å². The van der Waals surface area contributed by atoms with Crippen molar-refractivity contribution in [1.29, 1.82) is 0 Å². The van der Waals surface area contributed by atoms with Crippen LogP contribution in [0.5, 0.6) is 5.75 Å². The molecule has 6 heteroatoms. The number of halogens is 3. The molecule has 0 aliphatic carbocycles. The van der Waals surface area contributed by atoms with Crippen LogP contribution < -0.4 is 10.5 Å². The Morgan fingerprint density at radius 3 is 2.63 bits per heavy atom. The fourth-order valence-electron chi connectivity index (χ4n) is 1.59. The van der Waals surface area contributed by atoms with E-state index >= 15 is 0 Å². The lowest BCUT2D eigenvalue weighted by Crippen LogP contribution is -2.07. The predicted octanol–water partition coefficient (Wildman–Crippen LogP) is 3.97. The Morgan fingerprint density at radius 1 is 1.21 bits per heavy atom. The van der Waals surface area contributed by atoms with Crippen molar-refractivity contribution in [2.75, 3.05) is 12.3 Å². The summed E-state index contributed by atoms with van der Waals surface area (Å²) in [5.41, 5.74) is 4.69. The molecule has 2 rings (SSSR count). The fourth-order valence-corrected chi connectivity index (χ4v) is 2.28. The number of benzene rings is 1. The highest BCUT2D eigenvalue weighted by Gasteiger charge is 2.31. The lowest BCUT2D eigenvalue weighted by Gasteiger charge is -2.11. The van der Waals surface area contributed by atoms with Crippen LogP contribution in [0.25, 0.3) is 0 Å². The lowest BCUT2D eigenvalue weighted by atomic mass is 10.2. The molecular formula is C13H12F3NOS. The van der Waals surface area contributed by atoms with Crippen molar-refractivity contribution in [3.05, 3.63) is 46.2 Å². The summed E-state index contributed by atoms with van der Waals surface area (Å²) >= 11 is 1.58. The van der Waals surface area contributed by atoms with Crippen LogP contribution >= 0.6 is 11.3 Å². The number of nitrogen functional groups attached to an aromatic ring is 1. The Morgan fingerprint density at radius 2 is 2.00 bits per heavy atom. The second-order valence-corrected chi connectivity index (χ2v) is 5.00. The maximum absolute atomic E-state index is 12.6. The first kappa shape index (κ1) is 13.7. The number of alkyl halides is 3. The maximum atomic E-state index is 12.6. The standard InChI is InChI=1S/C13H12F3NOS/c14-13(15,16)9-6-10(17)8-11(7-9)18-4-3-12-2-1-5-19-12/h1-2,5-8H,3-4,17H2. The third-order valence-corrected chi connectivity index (χ3v) is 3.39. The van der Waals surface area contributed by atoms with E-state index in [0.29, 0.717) is 13.0 Å². The van der Waals surface area contributed by atoms with E-state index in [4.69, 9.17) is 10.5 Å². The van der Waals surface area contributed by atoms with Crippen molar-refractivity contribution in [3.63, 3.8) is 0 Å². The SMILES string of the molecule is Nc1cc(OCCc2cccs2)cc(C(F)(F)F)c1. The number of anilines is 1. The van der Waals surface area contributed by atoms with Gasteiger partial charge in [-0.1, -0.05) is 6.07 Å². The molecule has 0 aliphatic heterocycles. The summed E-state index contributed by atoms with van der Waals surface area (Å²) < 4.78 is 43.1. The third kappa shape index (κ3) is 3.89. The summed E-state index contributed by atoms with van der Waals surface area (Å²) in [4.78, 5) is 1.12. The molecule has 0 radical (unpaired) electrons. The monoisotopic (exact) mass is 287 g/mol. The van der Waals surface area contributed by atoms with Crippen LogP contribution in [0, 0.1) is 0 Å². The van der Waals surface area contributed by atoms with Gasteiger partial charge in [0.1, 0.15) is 5.75 Å². The van der Waals surface area contributed by atoms with Crippen LogP contribution in [0.15, 0.2) is 35.7 Å². The highest BCUT2D eigenvalue weighted by Crippen LogP contribution is 2.33. The van der Waals surface area contributed by atoms with Gasteiger partial charge in [-0.15, -0.1) is 11.3 Å². The van der Waals surface area contributed by atoms with Crippen LogP contribution in [0.1, 0.15) is 10.4 Å². The summed E-state index contributed by atoms with van der Waals surface area (Å²) in [6.07, 6.45) is -3.75. The zero-order chi connectivity index (χ0) is 13.9. The lowest BCUT2D eigenvalue weighted by molar-refractivity contribution is -0.137. The molecule has 0 atom stereocenters. The normalized spacial score (nSPS) is 11.5. The second-order valence-electron chi connectivity index (χ2n) is 3.97. The molecule has 0 bridgehead atoms. The summed E-state index contributed by atoms with van der Waals surface area (Å²) in [7, 11) is 0. The van der Waals surface area contributed by atoms with Crippen LogP contribution in [0.2, 0.25) is 0 Å². The van der Waals surface area contributed by atoms with Gasteiger partial charge >= 0.3 is 6.18 Å². The Balaban J connectivity index is 2.02. The highest BCUT2D eigenvalue weighted by atomic mass is 32.1. The number of ether oxygens (including phenoxy) is 1. The summed E-state index contributed by atoms with van der Waals surface area (Å²) in [5, 5.41) is 1.94. The van der Waals surface area contributed by atoms with Crippen molar-refractivity contribution < 1.29 is 17.9 Å². The van der Waals surface area contributed by atoms with E-state index in [-0.39, 0.29) is 11.4 Å². The zero-order valence-corrected chi connectivity index (χ0v) is 10.7. The molecule has 2 aromatic rings. The van der Waals surface area contributed by atoms with Crippen molar-refractivity contribution in [2.24, 2.45) is 0 Å². The van der Waals surface area contributed by atoms with E-state index in [2.05, 4.69) is 0 Å². The van der Waals surface area contributed by atoms with E-state index in [1.54, 1.807) is 11.3 Å². The van der Waals surface area contributed by atoms with E-state index in [1.165, 1.54) is 6.07 Å². The Kier molecular flexibility index (Phi) is 3.99. The quantitative estimate of drug-likeness (QED) is 0.864. The largest absolute Gasteiger partial charge is 0.493 e. The molecular weight excluding hydrogens is 275 g/mol.